The topological polar surface area (TPSA) is 74.9 Å². The van der Waals surface area contributed by atoms with Crippen LogP contribution in [-0.4, -0.2) is 29.6 Å². The molecule has 0 saturated carbocycles. The molecule has 1 heterocycles. The molecule has 0 aliphatic rings. The van der Waals surface area contributed by atoms with Crippen molar-refractivity contribution >= 4 is 17.1 Å². The van der Waals surface area contributed by atoms with Gasteiger partial charge in [0.1, 0.15) is 12.4 Å². The van der Waals surface area contributed by atoms with Gasteiger partial charge in [0.25, 0.3) is 5.56 Å². The van der Waals surface area contributed by atoms with Crippen LogP contribution in [0, 0.1) is 0 Å². The van der Waals surface area contributed by atoms with Gasteiger partial charge in [-0.25, -0.2) is 4.98 Å². The third kappa shape index (κ3) is 4.62. The summed E-state index contributed by atoms with van der Waals surface area (Å²) in [4.78, 5) is 17.8. The molecule has 0 bridgehead atoms. The number of hydrogen-bond acceptors (Lipinski definition) is 6. The number of para-hydroxylation sites is 2. The normalized spacial score (nSPS) is 11.1. The first-order chi connectivity index (χ1) is 15.7. The number of ether oxygens (including phenoxy) is 3. The van der Waals surface area contributed by atoms with Crippen molar-refractivity contribution in [1.29, 1.82) is 0 Å². The van der Waals surface area contributed by atoms with E-state index in [4.69, 9.17) is 14.2 Å². The minimum Gasteiger partial charge on any atom is -0.493 e. The maximum Gasteiger partial charge on any atom is 0.282 e. The molecular weight excluding hydrogens is 406 g/mol. The highest BCUT2D eigenvalue weighted by Crippen LogP contribution is 2.27. The lowest BCUT2D eigenvalue weighted by molar-refractivity contribution is 0.289. The van der Waals surface area contributed by atoms with Gasteiger partial charge in [0, 0.05) is 0 Å². The summed E-state index contributed by atoms with van der Waals surface area (Å²) < 4.78 is 18.1. The zero-order valence-corrected chi connectivity index (χ0v) is 17.9. The fraction of sp³-hybridized carbons (Fsp3) is 0.160. The summed E-state index contributed by atoms with van der Waals surface area (Å²) in [6, 6.07) is 22.0. The van der Waals surface area contributed by atoms with Crippen LogP contribution in [0.15, 0.2) is 82.7 Å². The molecule has 7 nitrogen and oxygen atoms in total. The van der Waals surface area contributed by atoms with Crippen molar-refractivity contribution in [2.24, 2.45) is 5.10 Å². The van der Waals surface area contributed by atoms with Crippen LogP contribution in [0.4, 0.5) is 0 Å². The molecular formula is C25H23N3O4. The van der Waals surface area contributed by atoms with E-state index in [0.717, 1.165) is 5.56 Å². The van der Waals surface area contributed by atoms with E-state index in [-0.39, 0.29) is 12.2 Å². The van der Waals surface area contributed by atoms with E-state index in [2.05, 4.69) is 10.1 Å². The molecule has 0 aliphatic heterocycles. The molecule has 0 atom stereocenters. The summed E-state index contributed by atoms with van der Waals surface area (Å²) in [5.74, 6) is 2.31. The highest BCUT2D eigenvalue weighted by atomic mass is 16.5. The number of hydrogen-bond donors (Lipinski definition) is 0. The Morgan fingerprint density at radius 3 is 2.53 bits per heavy atom. The van der Waals surface area contributed by atoms with Crippen molar-refractivity contribution in [3.63, 3.8) is 0 Å². The molecule has 0 radical (unpaired) electrons. The first-order valence-electron chi connectivity index (χ1n) is 10.2. The average Bonchev–Trinajstić information content (AvgIpc) is 2.84. The molecule has 0 aliphatic carbocycles. The van der Waals surface area contributed by atoms with Gasteiger partial charge in [-0.3, -0.25) is 4.79 Å². The van der Waals surface area contributed by atoms with E-state index in [1.165, 1.54) is 4.68 Å². The summed E-state index contributed by atoms with van der Waals surface area (Å²) in [6.45, 7) is 2.54. The van der Waals surface area contributed by atoms with E-state index >= 15 is 0 Å². The molecule has 32 heavy (non-hydrogen) atoms. The second kappa shape index (κ2) is 9.78. The fourth-order valence-electron chi connectivity index (χ4n) is 3.21. The van der Waals surface area contributed by atoms with Gasteiger partial charge in [-0.05, 0) is 55.0 Å². The molecule has 0 fully saturated rings. The van der Waals surface area contributed by atoms with Gasteiger partial charge in [-0.15, -0.1) is 0 Å². The second-order valence-corrected chi connectivity index (χ2v) is 6.85. The van der Waals surface area contributed by atoms with E-state index in [1.54, 1.807) is 37.6 Å². The SMILES string of the molecule is CCOc1ccc(/C=N/n2c(COc3ccccc3)nc3ccccc3c2=O)cc1OC. The summed E-state index contributed by atoms with van der Waals surface area (Å²) in [7, 11) is 1.58. The van der Waals surface area contributed by atoms with Gasteiger partial charge < -0.3 is 14.2 Å². The third-order valence-electron chi connectivity index (χ3n) is 4.74. The molecule has 7 heteroatoms. The average molecular weight is 429 g/mol. The van der Waals surface area contributed by atoms with Crippen molar-refractivity contribution < 1.29 is 14.2 Å². The Morgan fingerprint density at radius 1 is 0.969 bits per heavy atom. The zero-order valence-electron chi connectivity index (χ0n) is 17.9. The van der Waals surface area contributed by atoms with Crippen molar-refractivity contribution in [1.82, 2.24) is 9.66 Å². The number of aromatic nitrogens is 2. The smallest absolute Gasteiger partial charge is 0.282 e. The van der Waals surface area contributed by atoms with Crippen molar-refractivity contribution in [2.45, 2.75) is 13.5 Å². The molecule has 0 unspecified atom stereocenters. The number of benzene rings is 3. The van der Waals surface area contributed by atoms with Crippen LogP contribution in [0.5, 0.6) is 17.2 Å². The molecule has 0 saturated heterocycles. The van der Waals surface area contributed by atoms with Gasteiger partial charge in [0.05, 0.1) is 30.8 Å². The Balaban J connectivity index is 1.71. The Labute approximate surface area is 185 Å². The molecule has 4 aromatic rings. The lowest BCUT2D eigenvalue weighted by Gasteiger charge is -2.11. The van der Waals surface area contributed by atoms with Crippen LogP contribution in [0.2, 0.25) is 0 Å². The molecule has 0 N–H and O–H groups in total. The van der Waals surface area contributed by atoms with Crippen LogP contribution >= 0.6 is 0 Å². The summed E-state index contributed by atoms with van der Waals surface area (Å²) >= 11 is 0. The van der Waals surface area contributed by atoms with Crippen LogP contribution in [0.25, 0.3) is 10.9 Å². The van der Waals surface area contributed by atoms with Crippen LogP contribution in [-0.2, 0) is 6.61 Å². The lowest BCUT2D eigenvalue weighted by Crippen LogP contribution is -2.23. The van der Waals surface area contributed by atoms with Crippen molar-refractivity contribution in [2.75, 3.05) is 13.7 Å². The molecule has 162 valence electrons. The molecule has 0 spiro atoms. The Kier molecular flexibility index (Phi) is 6.46. The minimum atomic E-state index is -0.267. The Bertz CT molecular complexity index is 1300. The zero-order chi connectivity index (χ0) is 22.3. The summed E-state index contributed by atoms with van der Waals surface area (Å²) in [5.41, 5.74) is 1.08. The number of nitrogens with zero attached hydrogens (tertiary/aromatic N) is 3. The maximum atomic E-state index is 13.2. The van der Waals surface area contributed by atoms with Gasteiger partial charge >= 0.3 is 0 Å². The van der Waals surface area contributed by atoms with Crippen LogP contribution in [0.3, 0.4) is 0 Å². The van der Waals surface area contributed by atoms with Crippen molar-refractivity contribution in [3.05, 3.63) is 94.5 Å². The second-order valence-electron chi connectivity index (χ2n) is 6.85. The standard InChI is InChI=1S/C25H23N3O4/c1-3-31-22-14-13-18(15-23(22)30-2)16-26-28-24(17-32-19-9-5-4-6-10-19)27-21-12-8-7-11-20(21)25(28)29/h4-16H,3,17H2,1-2H3/b26-16+. The quantitative estimate of drug-likeness (QED) is 0.391. The molecule has 3 aromatic carbocycles. The lowest BCUT2D eigenvalue weighted by atomic mass is 10.2. The van der Waals surface area contributed by atoms with Crippen molar-refractivity contribution in [3.8, 4) is 17.2 Å². The maximum absolute atomic E-state index is 13.2. The summed E-state index contributed by atoms with van der Waals surface area (Å²) in [6.07, 6.45) is 1.59. The third-order valence-corrected chi connectivity index (χ3v) is 4.74. The van der Waals surface area contributed by atoms with E-state index in [0.29, 0.717) is 40.6 Å². The Hall–Kier alpha value is -4.13. The van der Waals surface area contributed by atoms with E-state index < -0.39 is 0 Å². The van der Waals surface area contributed by atoms with E-state index in [1.807, 2.05) is 55.5 Å². The predicted octanol–water partition coefficient (Wildman–Crippen LogP) is 4.27. The highest BCUT2D eigenvalue weighted by molar-refractivity contribution is 5.81. The Morgan fingerprint density at radius 2 is 1.75 bits per heavy atom. The van der Waals surface area contributed by atoms with Gasteiger partial charge in [-0.2, -0.15) is 9.78 Å². The minimum absolute atomic E-state index is 0.0913. The molecule has 1 aromatic heterocycles. The highest BCUT2D eigenvalue weighted by Gasteiger charge is 2.11. The van der Waals surface area contributed by atoms with Crippen LogP contribution < -0.4 is 19.8 Å². The fourth-order valence-corrected chi connectivity index (χ4v) is 3.21. The number of methoxy groups -OCH3 is 1. The van der Waals surface area contributed by atoms with Crippen LogP contribution in [0.1, 0.15) is 18.3 Å². The van der Waals surface area contributed by atoms with Gasteiger partial charge in [0.15, 0.2) is 17.3 Å². The van der Waals surface area contributed by atoms with Gasteiger partial charge in [0.2, 0.25) is 0 Å². The number of fused-ring (bicyclic) bond motifs is 1. The largest absolute Gasteiger partial charge is 0.493 e. The van der Waals surface area contributed by atoms with E-state index in [9.17, 15) is 4.79 Å². The molecule has 4 rings (SSSR count). The molecule has 0 amide bonds. The predicted molar refractivity (Wildman–Crippen MR) is 124 cm³/mol. The summed E-state index contributed by atoms with van der Waals surface area (Å²) in [5, 5.41) is 4.91. The number of rotatable bonds is 8. The first kappa shape index (κ1) is 21.1. The monoisotopic (exact) mass is 429 g/mol. The van der Waals surface area contributed by atoms with Gasteiger partial charge in [-0.1, -0.05) is 30.3 Å². The first-order valence-corrected chi connectivity index (χ1v) is 10.2.